The minimum absolute atomic E-state index is 0.245. The number of rotatable bonds is 5. The van der Waals surface area contributed by atoms with E-state index in [4.69, 9.17) is 0 Å². The summed E-state index contributed by atoms with van der Waals surface area (Å²) in [5, 5.41) is 10.3. The highest BCUT2D eigenvalue weighted by atomic mass is 32.1. The Bertz CT molecular complexity index is 657. The number of hydrogen-bond donors (Lipinski definition) is 1. The Labute approximate surface area is 129 Å². The van der Waals surface area contributed by atoms with Crippen LogP contribution in [0, 0.1) is 13.8 Å². The Hall–Kier alpha value is -1.40. The molecule has 2 aromatic heterocycles. The molecule has 0 aliphatic carbocycles. The summed E-state index contributed by atoms with van der Waals surface area (Å²) in [6.07, 6.45) is 3.28. The fraction of sp³-hybridized carbons (Fsp3) is 0.600. The number of carbonyl (C=O) groups is 1. The van der Waals surface area contributed by atoms with Crippen LogP contribution < -0.4 is 0 Å². The molecule has 0 saturated carbocycles. The van der Waals surface area contributed by atoms with Crippen LogP contribution in [0.25, 0.3) is 4.96 Å². The lowest BCUT2D eigenvalue weighted by Crippen LogP contribution is -2.45. The molecule has 0 spiro atoms. The number of nitrogens with zero attached hydrogens (tertiary/aromatic N) is 3. The molecule has 0 radical (unpaired) electrons. The van der Waals surface area contributed by atoms with Crippen molar-refractivity contribution in [3.63, 3.8) is 0 Å². The van der Waals surface area contributed by atoms with Gasteiger partial charge in [0.2, 0.25) is 0 Å². The van der Waals surface area contributed by atoms with Crippen molar-refractivity contribution in [2.75, 3.05) is 7.05 Å². The first kappa shape index (κ1) is 16.0. The van der Waals surface area contributed by atoms with E-state index >= 15 is 0 Å². The summed E-state index contributed by atoms with van der Waals surface area (Å²) < 4.78 is 2.04. The van der Waals surface area contributed by atoms with Crippen molar-refractivity contribution in [3.05, 3.63) is 22.5 Å². The van der Waals surface area contributed by atoms with Crippen molar-refractivity contribution in [2.24, 2.45) is 0 Å². The first-order valence-electron chi connectivity index (χ1n) is 7.18. The minimum atomic E-state index is -1.30. The monoisotopic (exact) mass is 309 g/mol. The Morgan fingerprint density at radius 3 is 2.81 bits per heavy atom. The summed E-state index contributed by atoms with van der Waals surface area (Å²) in [5.41, 5.74) is 0.625. The van der Waals surface area contributed by atoms with E-state index in [0.29, 0.717) is 13.0 Å². The van der Waals surface area contributed by atoms with Gasteiger partial charge in [-0.2, -0.15) is 0 Å². The molecule has 2 aromatic rings. The summed E-state index contributed by atoms with van der Waals surface area (Å²) in [6.45, 7) is 7.98. The molecule has 5 nitrogen and oxygen atoms in total. The van der Waals surface area contributed by atoms with Gasteiger partial charge >= 0.3 is 0 Å². The predicted molar refractivity (Wildman–Crippen MR) is 84.5 cm³/mol. The summed E-state index contributed by atoms with van der Waals surface area (Å²) in [7, 11) is 1.73. The Kier molecular flexibility index (Phi) is 4.39. The van der Waals surface area contributed by atoms with Gasteiger partial charge in [-0.15, -0.1) is 11.3 Å². The maximum absolute atomic E-state index is 12.4. The normalized spacial score (nSPS) is 14.4. The predicted octanol–water partition coefficient (Wildman–Crippen LogP) is 2.52. The molecular weight excluding hydrogens is 286 g/mol. The second kappa shape index (κ2) is 5.77. The second-order valence-electron chi connectivity index (χ2n) is 5.82. The molecule has 1 N–H and O–H groups in total. The maximum Gasteiger partial charge on any atom is 0.254 e. The summed E-state index contributed by atoms with van der Waals surface area (Å²) in [4.78, 5) is 20.6. The van der Waals surface area contributed by atoms with Crippen LogP contribution in [-0.2, 0) is 11.3 Å². The maximum atomic E-state index is 12.4. The van der Waals surface area contributed by atoms with E-state index in [1.807, 2.05) is 31.4 Å². The van der Waals surface area contributed by atoms with Crippen LogP contribution in [0.3, 0.4) is 0 Å². The van der Waals surface area contributed by atoms with Gasteiger partial charge in [0.25, 0.3) is 5.91 Å². The third kappa shape index (κ3) is 3.11. The third-order valence-electron chi connectivity index (χ3n) is 3.67. The van der Waals surface area contributed by atoms with Gasteiger partial charge in [-0.3, -0.25) is 9.20 Å². The second-order valence-corrected chi connectivity index (χ2v) is 7.04. The van der Waals surface area contributed by atoms with Gasteiger partial charge in [-0.25, -0.2) is 4.98 Å². The molecule has 0 aliphatic heterocycles. The fourth-order valence-corrected chi connectivity index (χ4v) is 3.49. The molecule has 6 heteroatoms. The molecule has 1 atom stereocenters. The molecule has 0 aromatic carbocycles. The van der Waals surface area contributed by atoms with Crippen molar-refractivity contribution in [1.29, 1.82) is 0 Å². The quantitative estimate of drug-likeness (QED) is 0.923. The zero-order chi connectivity index (χ0) is 15.8. The summed E-state index contributed by atoms with van der Waals surface area (Å²) >= 11 is 1.64. The van der Waals surface area contributed by atoms with Crippen molar-refractivity contribution in [3.8, 4) is 0 Å². The third-order valence-corrected chi connectivity index (χ3v) is 4.57. The number of likely N-dealkylation sites (N-methyl/N-ethyl adjacent to an activating group) is 1. The van der Waals surface area contributed by atoms with Crippen LogP contribution in [0.1, 0.15) is 43.0 Å². The molecule has 1 unspecified atom stereocenters. The van der Waals surface area contributed by atoms with Crippen molar-refractivity contribution in [1.82, 2.24) is 14.3 Å². The lowest BCUT2D eigenvalue weighted by molar-refractivity contribution is -0.149. The van der Waals surface area contributed by atoms with E-state index in [1.165, 1.54) is 4.88 Å². The zero-order valence-corrected chi connectivity index (χ0v) is 14.1. The van der Waals surface area contributed by atoms with E-state index in [0.717, 1.165) is 22.8 Å². The number of hydrogen-bond acceptors (Lipinski definition) is 4. The van der Waals surface area contributed by atoms with Gasteiger partial charge in [-0.1, -0.05) is 13.3 Å². The summed E-state index contributed by atoms with van der Waals surface area (Å²) in [5.74, 6) is -0.245. The highest BCUT2D eigenvalue weighted by Gasteiger charge is 2.32. The lowest BCUT2D eigenvalue weighted by atomic mass is 9.99. The number of amides is 1. The number of aromatic nitrogens is 2. The number of fused-ring (bicyclic) bond motifs is 1. The van der Waals surface area contributed by atoms with Gasteiger partial charge < -0.3 is 10.0 Å². The van der Waals surface area contributed by atoms with Crippen LogP contribution in [0.4, 0.5) is 0 Å². The van der Waals surface area contributed by atoms with Crippen LogP contribution in [0.5, 0.6) is 0 Å². The van der Waals surface area contributed by atoms with Gasteiger partial charge in [0.15, 0.2) is 4.96 Å². The molecule has 116 valence electrons. The van der Waals surface area contributed by atoms with Crippen molar-refractivity contribution < 1.29 is 9.90 Å². The van der Waals surface area contributed by atoms with Crippen LogP contribution in [-0.4, -0.2) is 37.9 Å². The van der Waals surface area contributed by atoms with Gasteiger partial charge in [0, 0.05) is 18.1 Å². The lowest BCUT2D eigenvalue weighted by Gasteiger charge is -2.27. The minimum Gasteiger partial charge on any atom is -0.380 e. The van der Waals surface area contributed by atoms with Gasteiger partial charge in [0.05, 0.1) is 17.9 Å². The molecule has 2 rings (SSSR count). The fourth-order valence-electron chi connectivity index (χ4n) is 2.60. The molecule has 0 aliphatic rings. The van der Waals surface area contributed by atoms with E-state index in [-0.39, 0.29) is 5.91 Å². The molecule has 0 saturated heterocycles. The number of aliphatic hydroxyl groups is 1. The average Bonchev–Trinajstić information content (AvgIpc) is 2.86. The molecule has 0 fully saturated rings. The number of imidazole rings is 1. The zero-order valence-electron chi connectivity index (χ0n) is 13.3. The highest BCUT2D eigenvalue weighted by molar-refractivity contribution is 7.17. The first-order chi connectivity index (χ1) is 9.76. The SMILES string of the molecule is CCCC(C)(O)C(=O)N(C)Cc1c(C)nc2sc(C)cn12. The van der Waals surface area contributed by atoms with E-state index in [9.17, 15) is 9.90 Å². The Morgan fingerprint density at radius 2 is 2.19 bits per heavy atom. The standard InChI is InChI=1S/C15H23N3O2S/c1-6-7-15(4,20)13(19)17(5)9-12-11(3)16-14-18(12)8-10(2)21-14/h8,20H,6-7,9H2,1-5H3. The summed E-state index contributed by atoms with van der Waals surface area (Å²) in [6, 6.07) is 0. The van der Waals surface area contributed by atoms with Crippen molar-refractivity contribution >= 4 is 22.2 Å². The van der Waals surface area contributed by atoms with E-state index < -0.39 is 5.60 Å². The molecule has 21 heavy (non-hydrogen) atoms. The molecule has 2 heterocycles. The van der Waals surface area contributed by atoms with E-state index in [2.05, 4.69) is 4.98 Å². The largest absolute Gasteiger partial charge is 0.380 e. The number of aryl methyl sites for hydroxylation is 2. The first-order valence-corrected chi connectivity index (χ1v) is 8.00. The Balaban J connectivity index is 2.23. The van der Waals surface area contributed by atoms with Crippen LogP contribution in [0.2, 0.25) is 0 Å². The average molecular weight is 309 g/mol. The van der Waals surface area contributed by atoms with Gasteiger partial charge in [-0.05, 0) is 27.2 Å². The highest BCUT2D eigenvalue weighted by Crippen LogP contribution is 2.23. The van der Waals surface area contributed by atoms with Crippen molar-refractivity contribution in [2.45, 2.75) is 52.7 Å². The number of thiazole rings is 1. The topological polar surface area (TPSA) is 57.8 Å². The van der Waals surface area contributed by atoms with Crippen LogP contribution in [0.15, 0.2) is 6.20 Å². The Morgan fingerprint density at radius 1 is 1.52 bits per heavy atom. The van der Waals surface area contributed by atoms with E-state index in [1.54, 1.807) is 30.2 Å². The number of carbonyl (C=O) groups excluding carboxylic acids is 1. The van der Waals surface area contributed by atoms with Crippen LogP contribution >= 0.6 is 11.3 Å². The molecule has 1 amide bonds. The molecular formula is C15H23N3O2S. The van der Waals surface area contributed by atoms with Gasteiger partial charge in [0.1, 0.15) is 5.60 Å². The molecule has 0 bridgehead atoms. The smallest absolute Gasteiger partial charge is 0.254 e.